The molecule has 0 N–H and O–H groups in total. The van der Waals surface area contributed by atoms with Gasteiger partial charge < -0.3 is 19.2 Å². The number of benzene rings is 6. The number of anilines is 8. The van der Waals surface area contributed by atoms with Crippen molar-refractivity contribution in [2.75, 3.05) is 19.2 Å². The first-order chi connectivity index (χ1) is 23.4. The lowest BCUT2D eigenvalue weighted by molar-refractivity contribution is 1.38. The zero-order chi connectivity index (χ0) is 30.6. The molecule has 7 aromatic rings. The van der Waals surface area contributed by atoms with Crippen LogP contribution in [0.25, 0.3) is 22.3 Å². The minimum atomic E-state index is -0.00938. The number of rotatable bonds is 2. The fourth-order valence-corrected chi connectivity index (χ4v) is 9.88. The smallest absolute Gasteiger partial charge is 0.359 e. The molecule has 0 radical (unpaired) electrons. The van der Waals surface area contributed by atoms with E-state index >= 15 is 0 Å². The predicted molar refractivity (Wildman–Crippen MR) is 200 cm³/mol. The summed E-state index contributed by atoms with van der Waals surface area (Å²) in [6, 6.07) is 57.7. The van der Waals surface area contributed by atoms with E-state index in [2.05, 4.69) is 177 Å². The molecule has 4 aliphatic heterocycles. The van der Waals surface area contributed by atoms with Crippen LogP contribution in [-0.2, 0) is 0 Å². The van der Waals surface area contributed by atoms with Crippen molar-refractivity contribution < 1.29 is 0 Å². The Bertz CT molecular complexity index is 2160. The van der Waals surface area contributed by atoms with Crippen molar-refractivity contribution in [2.45, 2.75) is 0 Å². The van der Waals surface area contributed by atoms with Gasteiger partial charge in [0.2, 0.25) is 0 Å². The topological polar surface area (TPSA) is 13.0 Å². The average molecular weight is 616 g/mol. The lowest BCUT2D eigenvalue weighted by atomic mass is 9.60. The Morgan fingerprint density at radius 1 is 0.319 bits per heavy atom. The molecule has 4 aliphatic rings. The van der Waals surface area contributed by atoms with Gasteiger partial charge in [-0.25, -0.2) is 0 Å². The molecule has 0 unspecified atom stereocenters. The Morgan fingerprint density at radius 3 is 1.04 bits per heavy atom. The summed E-state index contributed by atoms with van der Waals surface area (Å²) in [6.45, 7) is -0.0188. The molecule has 0 spiro atoms. The quantitative estimate of drug-likeness (QED) is 0.180. The van der Waals surface area contributed by atoms with E-state index in [0.717, 1.165) is 0 Å². The number of hydrogen-bond acceptors (Lipinski definition) is 5. The van der Waals surface area contributed by atoms with Crippen LogP contribution >= 0.6 is 11.3 Å². The standard InChI is InChI=1S/C40H26B2N4S/c1-3-15-27(16-4-1)43-33-23-11-13-25-35(33)45-31-21-9-7-19-29(31)37-38-30-20-8-10-22-32(30)46-36-26-14-12-24-34(36)44(28-17-5-2-6-18-28)42(46)40(38)47-39(37)41(43)45/h1-26H. The first-order valence-electron chi connectivity index (χ1n) is 16.2. The predicted octanol–water partition coefficient (Wildman–Crippen LogP) is 9.08. The van der Waals surface area contributed by atoms with Gasteiger partial charge in [-0.05, 0) is 60.7 Å². The van der Waals surface area contributed by atoms with Crippen LogP contribution in [0.4, 0.5) is 45.5 Å². The van der Waals surface area contributed by atoms with Gasteiger partial charge in [0.15, 0.2) is 0 Å². The van der Waals surface area contributed by atoms with E-state index in [4.69, 9.17) is 0 Å². The lowest BCUT2D eigenvalue weighted by Crippen LogP contribution is -2.55. The fourth-order valence-electron chi connectivity index (χ4n) is 8.39. The van der Waals surface area contributed by atoms with Gasteiger partial charge in [0, 0.05) is 54.6 Å². The van der Waals surface area contributed by atoms with Crippen molar-refractivity contribution in [1.82, 2.24) is 0 Å². The third kappa shape index (κ3) is 3.29. The minimum Gasteiger partial charge on any atom is -0.359 e. The maximum atomic E-state index is 2.57. The first kappa shape index (κ1) is 25.5. The summed E-state index contributed by atoms with van der Waals surface area (Å²) >= 11 is 1.99. The molecule has 0 bridgehead atoms. The van der Waals surface area contributed by atoms with Crippen LogP contribution in [0.5, 0.6) is 0 Å². The molecule has 5 heterocycles. The van der Waals surface area contributed by atoms with Crippen LogP contribution in [0.1, 0.15) is 0 Å². The molecule has 11 rings (SSSR count). The molecule has 0 fully saturated rings. The summed E-state index contributed by atoms with van der Waals surface area (Å²) in [5.74, 6) is 0. The molecule has 1 aromatic heterocycles. The molecular formula is C40H26B2N4S. The molecule has 7 heteroatoms. The van der Waals surface area contributed by atoms with E-state index in [9.17, 15) is 0 Å². The highest BCUT2D eigenvalue weighted by molar-refractivity contribution is 7.35. The average Bonchev–Trinajstić information content (AvgIpc) is 3.81. The second-order valence-corrected chi connectivity index (χ2v) is 13.6. The van der Waals surface area contributed by atoms with Crippen LogP contribution in [0.2, 0.25) is 0 Å². The Hall–Kier alpha value is -5.65. The van der Waals surface area contributed by atoms with E-state index in [1.807, 2.05) is 11.3 Å². The molecule has 0 aliphatic carbocycles. The monoisotopic (exact) mass is 616 g/mol. The summed E-state index contributed by atoms with van der Waals surface area (Å²) < 4.78 is 2.77. The molecular weight excluding hydrogens is 590 g/mol. The van der Waals surface area contributed by atoms with Crippen LogP contribution < -0.4 is 28.8 Å². The zero-order valence-electron chi connectivity index (χ0n) is 25.4. The zero-order valence-corrected chi connectivity index (χ0v) is 26.2. The highest BCUT2D eigenvalue weighted by Gasteiger charge is 2.55. The number of para-hydroxylation sites is 8. The number of hydrogen-bond donors (Lipinski definition) is 0. The van der Waals surface area contributed by atoms with Crippen molar-refractivity contribution in [1.29, 1.82) is 0 Å². The Labute approximate surface area is 278 Å². The van der Waals surface area contributed by atoms with Gasteiger partial charge in [-0.15, -0.1) is 0 Å². The molecule has 0 saturated heterocycles. The Morgan fingerprint density at radius 2 is 0.638 bits per heavy atom. The molecule has 0 atom stereocenters. The van der Waals surface area contributed by atoms with Crippen LogP contribution in [-0.4, -0.2) is 14.0 Å². The summed E-state index contributed by atoms with van der Waals surface area (Å²) in [5, 5.41) is 0. The van der Waals surface area contributed by atoms with Crippen molar-refractivity contribution in [3.63, 3.8) is 0 Å². The van der Waals surface area contributed by atoms with E-state index < -0.39 is 0 Å². The van der Waals surface area contributed by atoms with Gasteiger partial charge in [0.1, 0.15) is 0 Å². The van der Waals surface area contributed by atoms with Crippen LogP contribution in [0.15, 0.2) is 158 Å². The van der Waals surface area contributed by atoms with E-state index in [-0.39, 0.29) is 14.0 Å². The number of thiophene rings is 1. The fraction of sp³-hybridized carbons (Fsp3) is 0. The summed E-state index contributed by atoms with van der Waals surface area (Å²) in [6.07, 6.45) is 0. The van der Waals surface area contributed by atoms with Gasteiger partial charge in [0.05, 0.1) is 22.7 Å². The number of nitrogens with zero attached hydrogens (tertiary/aromatic N) is 4. The SMILES string of the molecule is c1ccc(N2B3c4sc5c(c4-c4ccccc4N3c3ccccc32)-c2ccccc2N2B5N(c3ccccc3)c3ccccc32)cc1. The Kier molecular flexibility index (Phi) is 5.13. The van der Waals surface area contributed by atoms with E-state index in [1.165, 1.54) is 77.3 Å². The van der Waals surface area contributed by atoms with Gasteiger partial charge in [-0.1, -0.05) is 97.1 Å². The summed E-state index contributed by atoms with van der Waals surface area (Å²) in [5.41, 5.74) is 15.2. The molecule has 6 aromatic carbocycles. The number of fused-ring (bicyclic) bond motifs is 17. The minimum absolute atomic E-state index is 0.00938. The summed E-state index contributed by atoms with van der Waals surface area (Å²) in [4.78, 5) is 10.2. The molecule has 4 nitrogen and oxygen atoms in total. The van der Waals surface area contributed by atoms with E-state index in [0.29, 0.717) is 0 Å². The second-order valence-electron chi connectivity index (χ2n) is 12.5. The van der Waals surface area contributed by atoms with Gasteiger partial charge in [-0.3, -0.25) is 0 Å². The Balaban J connectivity index is 1.24. The van der Waals surface area contributed by atoms with Crippen LogP contribution in [0.3, 0.4) is 0 Å². The molecule has 0 saturated carbocycles. The third-order valence-corrected chi connectivity index (χ3v) is 11.4. The van der Waals surface area contributed by atoms with Crippen molar-refractivity contribution in [3.05, 3.63) is 158 Å². The second kappa shape index (κ2) is 9.44. The third-order valence-electron chi connectivity index (χ3n) is 10.1. The molecule has 0 amide bonds. The van der Waals surface area contributed by atoms with Crippen molar-refractivity contribution in [3.8, 4) is 22.3 Å². The molecule has 47 heavy (non-hydrogen) atoms. The van der Waals surface area contributed by atoms with Crippen molar-refractivity contribution >= 4 is 80.4 Å². The lowest BCUT2D eigenvalue weighted by Gasteiger charge is -2.36. The highest BCUT2D eigenvalue weighted by atomic mass is 32.1. The van der Waals surface area contributed by atoms with E-state index in [1.54, 1.807) is 0 Å². The van der Waals surface area contributed by atoms with Crippen LogP contribution in [0, 0.1) is 0 Å². The highest BCUT2D eigenvalue weighted by Crippen LogP contribution is 2.57. The normalized spacial score (nSPS) is 14.6. The van der Waals surface area contributed by atoms with Gasteiger partial charge in [0.25, 0.3) is 0 Å². The van der Waals surface area contributed by atoms with Gasteiger partial charge >= 0.3 is 14.0 Å². The van der Waals surface area contributed by atoms with Crippen molar-refractivity contribution in [2.24, 2.45) is 0 Å². The molecule has 218 valence electrons. The largest absolute Gasteiger partial charge is 0.431 e. The maximum absolute atomic E-state index is 2.57. The maximum Gasteiger partial charge on any atom is 0.431 e. The summed E-state index contributed by atoms with van der Waals surface area (Å²) in [7, 11) is 0. The first-order valence-corrected chi connectivity index (χ1v) is 17.0. The van der Waals surface area contributed by atoms with Gasteiger partial charge in [-0.2, -0.15) is 11.3 Å².